The van der Waals surface area contributed by atoms with Crippen LogP contribution in [0.15, 0.2) is 24.3 Å². The monoisotopic (exact) mass is 253 g/mol. The van der Waals surface area contributed by atoms with Crippen molar-refractivity contribution in [3.63, 3.8) is 0 Å². The fraction of sp³-hybridized carbons (Fsp3) is 0.143. The van der Waals surface area contributed by atoms with Crippen LogP contribution in [0.5, 0.6) is 0 Å². The molecule has 2 N–H and O–H groups in total. The molecule has 1 aromatic carbocycles. The van der Waals surface area contributed by atoms with Crippen molar-refractivity contribution in [2.24, 2.45) is 0 Å². The van der Waals surface area contributed by atoms with Crippen molar-refractivity contribution in [1.82, 2.24) is 0 Å². The molecule has 0 saturated carbocycles. The molecule has 0 amide bonds. The number of hydrogen-bond acceptors (Lipinski definition) is 3. The Bertz CT molecular complexity index is 472. The van der Waals surface area contributed by atoms with Crippen molar-refractivity contribution in [1.29, 1.82) is 0 Å². The Morgan fingerprint density at radius 3 is 2.38 bits per heavy atom. The Morgan fingerprint density at radius 1 is 1.38 bits per heavy atom. The molecule has 0 unspecified atom stereocenters. The molecule has 0 radical (unpaired) electrons. The predicted molar refractivity (Wildman–Crippen MR) is 49.0 cm³/mol. The number of nitrogens with zero attached hydrogens (tertiary/aromatic N) is 1. The Labute approximate surface area is 87.8 Å². The Kier molecular flexibility index (Phi) is 3.09. The first-order chi connectivity index (χ1) is 7.16. The average molecular weight is 253 g/mol. The predicted octanol–water partition coefficient (Wildman–Crippen LogP) is 1.82. The average Bonchev–Trinajstić information content (AvgIpc) is 2.16. The minimum absolute atomic E-state index is 0.430. The normalized spacial score (nSPS) is 12.5. The van der Waals surface area contributed by atoms with Crippen LogP contribution in [0.1, 0.15) is 5.56 Å². The van der Waals surface area contributed by atoms with Gasteiger partial charge in [0.15, 0.2) is 0 Å². The third-order valence-corrected chi connectivity index (χ3v) is 2.76. The number of non-ortho nitro benzene ring substituents is 1. The van der Waals surface area contributed by atoms with Gasteiger partial charge < -0.3 is 9.79 Å². The lowest BCUT2D eigenvalue weighted by atomic mass is 10.2. The van der Waals surface area contributed by atoms with E-state index in [-0.39, 0.29) is 0 Å². The molecule has 1 aromatic rings. The van der Waals surface area contributed by atoms with Crippen LogP contribution in [-0.2, 0) is 10.2 Å². The van der Waals surface area contributed by atoms with Crippen LogP contribution >= 0.6 is 7.60 Å². The second-order valence-electron chi connectivity index (χ2n) is 2.89. The van der Waals surface area contributed by atoms with Gasteiger partial charge >= 0.3 is 13.3 Å². The zero-order valence-electron chi connectivity index (χ0n) is 7.58. The van der Waals surface area contributed by atoms with Gasteiger partial charge in [0.1, 0.15) is 0 Å². The minimum atomic E-state index is -5.70. The summed E-state index contributed by atoms with van der Waals surface area (Å²) in [7, 11) is -5.70. The zero-order valence-corrected chi connectivity index (χ0v) is 8.47. The lowest BCUT2D eigenvalue weighted by Gasteiger charge is -2.17. The fourth-order valence-corrected chi connectivity index (χ4v) is 1.45. The lowest BCUT2D eigenvalue weighted by molar-refractivity contribution is -0.385. The zero-order chi connectivity index (χ0) is 12.6. The molecule has 0 fully saturated rings. The Hall–Kier alpha value is -1.37. The highest BCUT2D eigenvalue weighted by atomic mass is 31.2. The van der Waals surface area contributed by atoms with Gasteiger partial charge in [0.25, 0.3) is 5.69 Å². The maximum atomic E-state index is 13.1. The lowest BCUT2D eigenvalue weighted by Crippen LogP contribution is -2.13. The molecule has 0 aliphatic rings. The van der Waals surface area contributed by atoms with E-state index >= 15 is 0 Å². The van der Waals surface area contributed by atoms with E-state index in [0.717, 1.165) is 12.1 Å². The first-order valence-electron chi connectivity index (χ1n) is 3.84. The molecule has 0 spiro atoms. The van der Waals surface area contributed by atoms with Gasteiger partial charge in [-0.1, -0.05) is 12.1 Å². The summed E-state index contributed by atoms with van der Waals surface area (Å²) >= 11 is 0. The van der Waals surface area contributed by atoms with E-state index in [2.05, 4.69) is 0 Å². The van der Waals surface area contributed by atoms with E-state index in [9.17, 15) is 23.5 Å². The van der Waals surface area contributed by atoms with Crippen LogP contribution in [-0.4, -0.2) is 14.7 Å². The van der Waals surface area contributed by atoms with Gasteiger partial charge in [-0.2, -0.15) is 8.78 Å². The van der Waals surface area contributed by atoms with Crippen LogP contribution in [0.3, 0.4) is 0 Å². The van der Waals surface area contributed by atoms with Crippen molar-refractivity contribution in [2.45, 2.75) is 5.66 Å². The highest BCUT2D eigenvalue weighted by Crippen LogP contribution is 2.59. The molecule has 6 nitrogen and oxygen atoms in total. The van der Waals surface area contributed by atoms with Gasteiger partial charge in [0.05, 0.1) is 4.92 Å². The van der Waals surface area contributed by atoms with Crippen molar-refractivity contribution in [3.05, 3.63) is 39.9 Å². The summed E-state index contributed by atoms with van der Waals surface area (Å²) < 4.78 is 36.8. The van der Waals surface area contributed by atoms with E-state index in [1.54, 1.807) is 0 Å². The minimum Gasteiger partial charge on any atom is -0.320 e. The van der Waals surface area contributed by atoms with Crippen LogP contribution in [0.4, 0.5) is 14.5 Å². The first-order valence-corrected chi connectivity index (χ1v) is 5.46. The Balaban J connectivity index is 3.29. The van der Waals surface area contributed by atoms with Crippen LogP contribution < -0.4 is 0 Å². The molecule has 9 heteroatoms. The van der Waals surface area contributed by atoms with Crippen LogP contribution in [0.25, 0.3) is 0 Å². The van der Waals surface area contributed by atoms with Crippen molar-refractivity contribution < 1.29 is 28.1 Å². The third-order valence-electron chi connectivity index (χ3n) is 1.77. The van der Waals surface area contributed by atoms with E-state index in [0.29, 0.717) is 12.1 Å². The third kappa shape index (κ3) is 2.24. The first kappa shape index (κ1) is 12.7. The summed E-state index contributed by atoms with van der Waals surface area (Å²) in [6.45, 7) is 0. The molecule has 0 bridgehead atoms. The van der Waals surface area contributed by atoms with E-state index in [1.807, 2.05) is 0 Å². The molecule has 0 aliphatic carbocycles. The van der Waals surface area contributed by atoms with Crippen molar-refractivity contribution in [2.75, 3.05) is 0 Å². The molecule has 16 heavy (non-hydrogen) atoms. The highest BCUT2D eigenvalue weighted by molar-refractivity contribution is 7.52. The SMILES string of the molecule is O=[N+]([O-])c1cccc(C(F)(F)P(=O)(O)O)c1. The summed E-state index contributed by atoms with van der Waals surface area (Å²) in [4.78, 5) is 26.2. The van der Waals surface area contributed by atoms with Crippen molar-refractivity contribution in [3.8, 4) is 0 Å². The summed E-state index contributed by atoms with van der Waals surface area (Å²) in [6.07, 6.45) is 0. The smallest absolute Gasteiger partial charge is 0.320 e. The summed E-state index contributed by atoms with van der Waals surface area (Å²) in [6, 6.07) is 3.02. The van der Waals surface area contributed by atoms with Gasteiger partial charge in [0.2, 0.25) is 0 Å². The molecular weight excluding hydrogens is 247 g/mol. The van der Waals surface area contributed by atoms with Gasteiger partial charge in [-0.15, -0.1) is 0 Å². The second-order valence-corrected chi connectivity index (χ2v) is 4.54. The van der Waals surface area contributed by atoms with Gasteiger partial charge in [-0.05, 0) is 0 Å². The van der Waals surface area contributed by atoms with Crippen LogP contribution in [0.2, 0.25) is 0 Å². The second kappa shape index (κ2) is 3.89. The maximum Gasteiger partial charge on any atom is 0.399 e. The van der Waals surface area contributed by atoms with E-state index in [1.165, 1.54) is 0 Å². The summed E-state index contributed by atoms with van der Waals surface area (Å²) in [5.74, 6) is 0. The Morgan fingerprint density at radius 2 is 1.94 bits per heavy atom. The topological polar surface area (TPSA) is 101 Å². The molecule has 0 saturated heterocycles. The number of halogens is 2. The maximum absolute atomic E-state index is 13.1. The molecule has 0 aliphatic heterocycles. The highest BCUT2D eigenvalue weighted by Gasteiger charge is 2.50. The summed E-state index contributed by atoms with van der Waals surface area (Å²) in [5, 5.41) is 10.3. The van der Waals surface area contributed by atoms with E-state index < -0.39 is 29.4 Å². The molecule has 0 atom stereocenters. The number of alkyl halides is 2. The van der Waals surface area contributed by atoms with Crippen molar-refractivity contribution >= 4 is 13.3 Å². The van der Waals surface area contributed by atoms with Gasteiger partial charge in [0, 0.05) is 17.7 Å². The fourth-order valence-electron chi connectivity index (χ4n) is 0.975. The molecule has 1 rings (SSSR count). The number of hydrogen-bond donors (Lipinski definition) is 2. The number of benzene rings is 1. The number of nitro groups is 1. The standard InChI is InChI=1S/C7H6F2NO5P/c8-7(9,16(13,14)15)5-2-1-3-6(4-5)10(11)12/h1-4H,(H2,13,14,15). The molecule has 0 aromatic heterocycles. The molecule has 0 heterocycles. The summed E-state index contributed by atoms with van der Waals surface area (Å²) in [5.41, 5.74) is -6.18. The number of rotatable bonds is 3. The molecular formula is C7H6F2NO5P. The largest absolute Gasteiger partial charge is 0.399 e. The van der Waals surface area contributed by atoms with E-state index in [4.69, 9.17) is 9.79 Å². The van der Waals surface area contributed by atoms with Crippen LogP contribution in [0, 0.1) is 10.1 Å². The van der Waals surface area contributed by atoms with Gasteiger partial charge in [-0.3, -0.25) is 14.7 Å². The quantitative estimate of drug-likeness (QED) is 0.486. The van der Waals surface area contributed by atoms with Gasteiger partial charge in [-0.25, -0.2) is 0 Å². The number of nitro benzene ring substituents is 1. The molecule has 88 valence electrons.